The number of rotatable bonds is 7. The second-order valence-corrected chi connectivity index (χ2v) is 8.16. The summed E-state index contributed by atoms with van der Waals surface area (Å²) in [6, 6.07) is 16.1. The Morgan fingerprint density at radius 3 is 2.73 bits per heavy atom. The summed E-state index contributed by atoms with van der Waals surface area (Å²) in [4.78, 5) is 12.7. The fourth-order valence-corrected chi connectivity index (χ4v) is 4.32. The van der Waals surface area contributed by atoms with Crippen LogP contribution in [0.5, 0.6) is 5.75 Å². The zero-order valence-electron chi connectivity index (χ0n) is 17.2. The number of halogens is 1. The van der Waals surface area contributed by atoms with Crippen molar-refractivity contribution in [1.82, 2.24) is 20.7 Å². The van der Waals surface area contributed by atoms with Gasteiger partial charge in [0.15, 0.2) is 0 Å². The van der Waals surface area contributed by atoms with Gasteiger partial charge in [0.2, 0.25) is 5.91 Å². The van der Waals surface area contributed by atoms with E-state index in [-0.39, 0.29) is 23.9 Å². The number of aromatic nitrogens is 1. The first kappa shape index (κ1) is 20.7. The lowest BCUT2D eigenvalue weighted by atomic mass is 9.87. The van der Waals surface area contributed by atoms with Gasteiger partial charge in [0, 0.05) is 48.1 Å². The molecule has 3 unspecified atom stereocenters. The van der Waals surface area contributed by atoms with Gasteiger partial charge in [-0.1, -0.05) is 29.8 Å². The number of methoxy groups -OCH3 is 1. The third-order valence-electron chi connectivity index (χ3n) is 5.86. The van der Waals surface area contributed by atoms with E-state index in [4.69, 9.17) is 16.3 Å². The van der Waals surface area contributed by atoms with E-state index in [1.807, 2.05) is 48.7 Å². The summed E-state index contributed by atoms with van der Waals surface area (Å²) in [7, 11) is 1.68. The van der Waals surface area contributed by atoms with Crippen LogP contribution in [-0.4, -0.2) is 30.2 Å². The Labute approximate surface area is 181 Å². The van der Waals surface area contributed by atoms with E-state index in [0.29, 0.717) is 24.5 Å². The van der Waals surface area contributed by atoms with Crippen LogP contribution >= 0.6 is 11.6 Å². The Balaban J connectivity index is 1.35. The van der Waals surface area contributed by atoms with E-state index in [9.17, 15) is 4.79 Å². The van der Waals surface area contributed by atoms with Crippen molar-refractivity contribution in [2.75, 3.05) is 13.7 Å². The first-order valence-electron chi connectivity index (χ1n) is 10.2. The molecule has 0 radical (unpaired) electrons. The van der Waals surface area contributed by atoms with Crippen LogP contribution in [0.1, 0.15) is 24.9 Å². The SMILES string of the molecule is COc1cccc2c1ccn2CCNC(=O)CC1C(C)NNC1c1ccc(Cl)cc1. The molecule has 3 atom stereocenters. The average molecular weight is 427 g/mol. The van der Waals surface area contributed by atoms with Crippen LogP contribution in [0.3, 0.4) is 0 Å². The highest BCUT2D eigenvalue weighted by Gasteiger charge is 2.35. The summed E-state index contributed by atoms with van der Waals surface area (Å²) >= 11 is 6.01. The van der Waals surface area contributed by atoms with Crippen molar-refractivity contribution in [2.24, 2.45) is 5.92 Å². The topological polar surface area (TPSA) is 67.3 Å². The van der Waals surface area contributed by atoms with E-state index >= 15 is 0 Å². The van der Waals surface area contributed by atoms with Gasteiger partial charge >= 0.3 is 0 Å². The second-order valence-electron chi connectivity index (χ2n) is 7.73. The Kier molecular flexibility index (Phi) is 6.27. The van der Waals surface area contributed by atoms with E-state index in [2.05, 4.69) is 33.7 Å². The molecule has 0 aliphatic carbocycles. The molecule has 1 fully saturated rings. The van der Waals surface area contributed by atoms with Gasteiger partial charge in [-0.05, 0) is 42.8 Å². The highest BCUT2D eigenvalue weighted by molar-refractivity contribution is 6.30. The minimum atomic E-state index is 0.0605. The molecule has 1 amide bonds. The lowest BCUT2D eigenvalue weighted by Crippen LogP contribution is -2.32. The fourth-order valence-electron chi connectivity index (χ4n) is 4.19. The molecule has 7 heteroatoms. The highest BCUT2D eigenvalue weighted by Crippen LogP contribution is 2.32. The molecule has 1 aliphatic heterocycles. The van der Waals surface area contributed by atoms with Crippen LogP contribution in [0.25, 0.3) is 10.9 Å². The zero-order valence-corrected chi connectivity index (χ0v) is 17.9. The molecule has 4 rings (SSSR count). The van der Waals surface area contributed by atoms with Crippen LogP contribution in [0.4, 0.5) is 0 Å². The molecule has 1 aromatic heterocycles. The maximum atomic E-state index is 12.7. The number of benzene rings is 2. The number of nitrogens with zero attached hydrogens (tertiary/aromatic N) is 1. The smallest absolute Gasteiger partial charge is 0.220 e. The third kappa shape index (κ3) is 4.31. The van der Waals surface area contributed by atoms with Gasteiger partial charge in [0.1, 0.15) is 5.75 Å². The molecule has 30 heavy (non-hydrogen) atoms. The minimum absolute atomic E-state index is 0.0605. The quantitative estimate of drug-likeness (QED) is 0.539. The highest BCUT2D eigenvalue weighted by atomic mass is 35.5. The number of nitrogens with one attached hydrogen (secondary N) is 3. The first-order chi connectivity index (χ1) is 14.6. The molecule has 2 heterocycles. The molecule has 0 spiro atoms. The molecule has 3 N–H and O–H groups in total. The minimum Gasteiger partial charge on any atom is -0.496 e. The molecule has 1 saturated heterocycles. The largest absolute Gasteiger partial charge is 0.496 e. The van der Waals surface area contributed by atoms with Crippen molar-refractivity contribution in [3.63, 3.8) is 0 Å². The van der Waals surface area contributed by atoms with E-state index < -0.39 is 0 Å². The zero-order chi connectivity index (χ0) is 21.1. The number of carbonyl (C=O) groups is 1. The molecule has 2 aromatic carbocycles. The Morgan fingerprint density at radius 2 is 1.97 bits per heavy atom. The molecule has 158 valence electrons. The Bertz CT molecular complexity index is 1020. The van der Waals surface area contributed by atoms with Gasteiger partial charge in [0.05, 0.1) is 18.7 Å². The molecular weight excluding hydrogens is 400 g/mol. The average Bonchev–Trinajstić information content (AvgIpc) is 3.32. The number of carbonyl (C=O) groups excluding carboxylic acids is 1. The van der Waals surface area contributed by atoms with Gasteiger partial charge in [-0.3, -0.25) is 10.2 Å². The monoisotopic (exact) mass is 426 g/mol. The number of hydrazine groups is 1. The predicted molar refractivity (Wildman–Crippen MR) is 120 cm³/mol. The molecule has 0 bridgehead atoms. The first-order valence-corrected chi connectivity index (χ1v) is 10.6. The van der Waals surface area contributed by atoms with Crippen molar-refractivity contribution < 1.29 is 9.53 Å². The van der Waals surface area contributed by atoms with E-state index in [0.717, 1.165) is 22.2 Å². The van der Waals surface area contributed by atoms with Crippen molar-refractivity contribution in [3.05, 3.63) is 65.3 Å². The van der Waals surface area contributed by atoms with Crippen LogP contribution in [0.2, 0.25) is 5.02 Å². The third-order valence-corrected chi connectivity index (χ3v) is 6.11. The van der Waals surface area contributed by atoms with Crippen LogP contribution in [0, 0.1) is 5.92 Å². The lowest BCUT2D eigenvalue weighted by Gasteiger charge is -2.21. The van der Waals surface area contributed by atoms with Crippen molar-refractivity contribution in [3.8, 4) is 5.75 Å². The van der Waals surface area contributed by atoms with Gasteiger partial charge in [-0.15, -0.1) is 0 Å². The summed E-state index contributed by atoms with van der Waals surface area (Å²) < 4.78 is 7.55. The van der Waals surface area contributed by atoms with Crippen LogP contribution in [-0.2, 0) is 11.3 Å². The van der Waals surface area contributed by atoms with Gasteiger partial charge in [0.25, 0.3) is 0 Å². The molecule has 3 aromatic rings. The summed E-state index contributed by atoms with van der Waals surface area (Å²) in [5.41, 5.74) is 8.81. The summed E-state index contributed by atoms with van der Waals surface area (Å²) in [5.74, 6) is 1.08. The standard InChI is InChI=1S/C23H27ClN4O2/c1-15-19(23(27-26-15)16-6-8-17(24)9-7-16)14-22(29)25-11-13-28-12-10-18-20(28)4-3-5-21(18)30-2/h3-10,12,15,19,23,26-27H,11,13-14H2,1-2H3,(H,25,29). The predicted octanol–water partition coefficient (Wildman–Crippen LogP) is 3.66. The van der Waals surface area contributed by atoms with E-state index in [1.54, 1.807) is 7.11 Å². The van der Waals surface area contributed by atoms with Gasteiger partial charge < -0.3 is 14.6 Å². The van der Waals surface area contributed by atoms with E-state index in [1.165, 1.54) is 0 Å². The number of amides is 1. The molecular formula is C23H27ClN4O2. The fraction of sp³-hybridized carbons (Fsp3) is 0.348. The number of fused-ring (bicyclic) bond motifs is 1. The maximum Gasteiger partial charge on any atom is 0.220 e. The van der Waals surface area contributed by atoms with Crippen molar-refractivity contribution in [1.29, 1.82) is 0 Å². The number of hydrogen-bond acceptors (Lipinski definition) is 4. The molecule has 0 saturated carbocycles. The molecule has 6 nitrogen and oxygen atoms in total. The van der Waals surface area contributed by atoms with Crippen molar-refractivity contribution >= 4 is 28.4 Å². The second kappa shape index (κ2) is 9.08. The number of ether oxygens (including phenoxy) is 1. The van der Waals surface area contributed by atoms with Crippen LogP contribution < -0.4 is 20.9 Å². The molecule has 1 aliphatic rings. The summed E-state index contributed by atoms with van der Waals surface area (Å²) in [6.07, 6.45) is 2.48. The van der Waals surface area contributed by atoms with Gasteiger partial charge in [-0.2, -0.15) is 0 Å². The van der Waals surface area contributed by atoms with Gasteiger partial charge in [-0.25, -0.2) is 5.43 Å². The summed E-state index contributed by atoms with van der Waals surface area (Å²) in [5, 5.41) is 4.86. The van der Waals surface area contributed by atoms with Crippen molar-refractivity contribution in [2.45, 2.75) is 32.0 Å². The Hall–Kier alpha value is -2.54. The normalized spacial score (nSPS) is 21.1. The number of hydrogen-bond donors (Lipinski definition) is 3. The maximum absolute atomic E-state index is 12.7. The summed E-state index contributed by atoms with van der Waals surface area (Å²) in [6.45, 7) is 3.38. The van der Waals surface area contributed by atoms with Crippen LogP contribution in [0.15, 0.2) is 54.7 Å². The lowest BCUT2D eigenvalue weighted by molar-refractivity contribution is -0.122. The Morgan fingerprint density at radius 1 is 1.17 bits per heavy atom.